The number of thiazole rings is 1. The van der Waals surface area contributed by atoms with Crippen LogP contribution in [0.1, 0.15) is 5.56 Å². The monoisotopic (exact) mass is 542 g/mol. The van der Waals surface area contributed by atoms with Crippen LogP contribution < -0.4 is 4.80 Å². The lowest BCUT2D eigenvalue weighted by molar-refractivity contribution is 0.0730. The van der Waals surface area contributed by atoms with Crippen LogP contribution in [-0.2, 0) is 14.8 Å². The predicted octanol–water partition coefficient (Wildman–Crippen LogP) is 3.82. The molecule has 0 amide bonds. The van der Waals surface area contributed by atoms with E-state index in [9.17, 15) is 18.6 Å². The Balaban J connectivity index is 1.50. The molecule has 0 saturated carbocycles. The fraction of sp³-hybridized carbons (Fsp3) is 0.167. The van der Waals surface area contributed by atoms with Crippen molar-refractivity contribution in [3.63, 3.8) is 0 Å². The Morgan fingerprint density at radius 3 is 2.47 bits per heavy atom. The Morgan fingerprint density at radius 1 is 1.00 bits per heavy atom. The summed E-state index contributed by atoms with van der Waals surface area (Å²) < 4.78 is 34.1. The molecular weight excluding hydrogens is 520 g/mol. The minimum absolute atomic E-state index is 0.0399. The Kier molecular flexibility index (Phi) is 7.03. The summed E-state index contributed by atoms with van der Waals surface area (Å²) in [6.07, 6.45) is 1.50. The SMILES string of the molecule is O=S(=O)(c1ccc(N=c2scc(-c3cccs3)n2N=Cc2ccc(O)cc2O)cc1)N1CCOCC1. The lowest BCUT2D eigenvalue weighted by Gasteiger charge is -2.26. The van der Waals surface area contributed by atoms with Crippen molar-refractivity contribution in [2.24, 2.45) is 10.1 Å². The number of hydrogen-bond donors (Lipinski definition) is 2. The molecular formula is C24H22N4O5S3. The van der Waals surface area contributed by atoms with Gasteiger partial charge in [0, 0.05) is 30.1 Å². The first kappa shape index (κ1) is 24.4. The Morgan fingerprint density at radius 2 is 1.78 bits per heavy atom. The molecule has 2 N–H and O–H groups in total. The topological polar surface area (TPSA) is 117 Å². The first-order valence-electron chi connectivity index (χ1n) is 11.0. The average molecular weight is 543 g/mol. The van der Waals surface area contributed by atoms with E-state index in [1.807, 2.05) is 22.9 Å². The maximum Gasteiger partial charge on any atom is 0.243 e. The van der Waals surface area contributed by atoms with Crippen LogP contribution in [0.2, 0.25) is 0 Å². The molecule has 4 aromatic rings. The number of phenolic OH excluding ortho intramolecular Hbond substituents is 2. The van der Waals surface area contributed by atoms with Crippen LogP contribution in [0.3, 0.4) is 0 Å². The van der Waals surface area contributed by atoms with E-state index in [4.69, 9.17) is 9.73 Å². The Labute approximate surface area is 215 Å². The largest absolute Gasteiger partial charge is 0.508 e. The standard InChI is InChI=1S/C24H22N4O5S3/c29-19-6-3-17(22(30)14-19)15-25-28-21(23-2-1-13-34-23)16-35-24(28)26-18-4-7-20(8-5-18)36(31,32)27-9-11-33-12-10-27/h1-8,13-16,29-30H,9-12H2. The van der Waals surface area contributed by atoms with Gasteiger partial charge < -0.3 is 14.9 Å². The normalized spacial score (nSPS) is 15.6. The molecule has 0 unspecified atom stereocenters. The van der Waals surface area contributed by atoms with E-state index in [0.717, 1.165) is 10.6 Å². The van der Waals surface area contributed by atoms with Crippen molar-refractivity contribution in [2.45, 2.75) is 4.90 Å². The number of nitrogens with zero attached hydrogens (tertiary/aromatic N) is 4. The maximum absolute atomic E-state index is 12.9. The molecule has 3 heterocycles. The number of aromatic hydroxyl groups is 2. The quantitative estimate of drug-likeness (QED) is 0.359. The molecule has 1 fully saturated rings. The van der Waals surface area contributed by atoms with Gasteiger partial charge in [0.1, 0.15) is 11.5 Å². The predicted molar refractivity (Wildman–Crippen MR) is 140 cm³/mol. The van der Waals surface area contributed by atoms with Gasteiger partial charge in [-0.05, 0) is 47.8 Å². The molecule has 186 valence electrons. The number of ether oxygens (including phenoxy) is 1. The molecule has 12 heteroatoms. The van der Waals surface area contributed by atoms with Gasteiger partial charge in [0.25, 0.3) is 0 Å². The molecule has 9 nitrogen and oxygen atoms in total. The van der Waals surface area contributed by atoms with Crippen molar-refractivity contribution in [1.29, 1.82) is 0 Å². The summed E-state index contributed by atoms with van der Waals surface area (Å²) in [6, 6.07) is 14.6. The molecule has 0 aliphatic carbocycles. The molecule has 0 radical (unpaired) electrons. The third-order valence-electron chi connectivity index (χ3n) is 5.45. The maximum atomic E-state index is 12.9. The van der Waals surface area contributed by atoms with Crippen LogP contribution >= 0.6 is 22.7 Å². The number of morpholine rings is 1. The summed E-state index contributed by atoms with van der Waals surface area (Å²) in [7, 11) is -3.59. The molecule has 1 aliphatic heterocycles. The summed E-state index contributed by atoms with van der Waals surface area (Å²) in [5.74, 6) is -0.135. The number of phenols is 2. The summed E-state index contributed by atoms with van der Waals surface area (Å²) in [5, 5.41) is 28.1. The highest BCUT2D eigenvalue weighted by Gasteiger charge is 2.26. The van der Waals surface area contributed by atoms with Gasteiger partial charge in [-0.25, -0.2) is 18.1 Å². The van der Waals surface area contributed by atoms with E-state index in [-0.39, 0.29) is 16.4 Å². The second kappa shape index (κ2) is 10.4. The minimum Gasteiger partial charge on any atom is -0.508 e. The van der Waals surface area contributed by atoms with E-state index in [2.05, 4.69) is 5.10 Å². The number of sulfonamides is 1. The van der Waals surface area contributed by atoms with E-state index in [0.29, 0.717) is 42.4 Å². The van der Waals surface area contributed by atoms with E-state index >= 15 is 0 Å². The molecule has 36 heavy (non-hydrogen) atoms. The lowest BCUT2D eigenvalue weighted by atomic mass is 10.2. The van der Waals surface area contributed by atoms with E-state index < -0.39 is 10.0 Å². The van der Waals surface area contributed by atoms with Crippen molar-refractivity contribution < 1.29 is 23.4 Å². The van der Waals surface area contributed by atoms with Crippen molar-refractivity contribution in [1.82, 2.24) is 8.98 Å². The summed E-state index contributed by atoms with van der Waals surface area (Å²) in [5.41, 5.74) is 1.84. The smallest absolute Gasteiger partial charge is 0.243 e. The third-order valence-corrected chi connectivity index (χ3v) is 9.08. The Bertz CT molecular complexity index is 1550. The van der Waals surface area contributed by atoms with Crippen LogP contribution in [0.5, 0.6) is 11.5 Å². The van der Waals surface area contributed by atoms with E-state index in [1.54, 1.807) is 46.3 Å². The number of benzene rings is 2. The molecule has 0 bridgehead atoms. The van der Waals surface area contributed by atoms with Gasteiger partial charge in [0.05, 0.1) is 40.6 Å². The molecule has 0 atom stereocenters. The van der Waals surface area contributed by atoms with Crippen molar-refractivity contribution in [3.8, 4) is 22.1 Å². The van der Waals surface area contributed by atoms with Crippen LogP contribution in [0, 0.1) is 0 Å². The summed E-state index contributed by atoms with van der Waals surface area (Å²) in [6.45, 7) is 1.45. The van der Waals surface area contributed by atoms with Gasteiger partial charge >= 0.3 is 0 Å². The molecule has 1 aliphatic rings. The van der Waals surface area contributed by atoms with Gasteiger partial charge in [0.15, 0.2) is 0 Å². The highest BCUT2D eigenvalue weighted by molar-refractivity contribution is 7.89. The van der Waals surface area contributed by atoms with Gasteiger partial charge in [-0.2, -0.15) is 9.41 Å². The second-order valence-electron chi connectivity index (χ2n) is 7.80. The van der Waals surface area contributed by atoms with Crippen molar-refractivity contribution in [2.75, 3.05) is 26.3 Å². The van der Waals surface area contributed by atoms with Crippen molar-refractivity contribution >= 4 is 44.6 Å². The fourth-order valence-electron chi connectivity index (χ4n) is 3.58. The minimum atomic E-state index is -3.59. The molecule has 2 aromatic heterocycles. The van der Waals surface area contributed by atoms with Crippen molar-refractivity contribution in [3.05, 3.63) is 75.7 Å². The lowest BCUT2D eigenvalue weighted by Crippen LogP contribution is -2.40. The third kappa shape index (κ3) is 5.13. The first-order chi connectivity index (χ1) is 17.4. The zero-order valence-electron chi connectivity index (χ0n) is 18.9. The number of rotatable bonds is 6. The van der Waals surface area contributed by atoms with Gasteiger partial charge in [-0.15, -0.1) is 22.7 Å². The average Bonchev–Trinajstić information content (AvgIpc) is 3.55. The summed E-state index contributed by atoms with van der Waals surface area (Å²) in [4.78, 5) is 6.47. The van der Waals surface area contributed by atoms with Gasteiger partial charge in [-0.3, -0.25) is 0 Å². The summed E-state index contributed by atoms with van der Waals surface area (Å²) >= 11 is 2.95. The van der Waals surface area contributed by atoms with Crippen LogP contribution in [0.25, 0.3) is 10.6 Å². The van der Waals surface area contributed by atoms with Crippen LogP contribution in [0.4, 0.5) is 5.69 Å². The number of thiophene rings is 1. The second-order valence-corrected chi connectivity index (χ2v) is 11.5. The highest BCUT2D eigenvalue weighted by Crippen LogP contribution is 2.27. The number of aromatic nitrogens is 1. The van der Waals surface area contributed by atoms with Gasteiger partial charge in [-0.1, -0.05) is 6.07 Å². The highest BCUT2D eigenvalue weighted by atomic mass is 32.2. The van der Waals surface area contributed by atoms with Crippen LogP contribution in [-0.4, -0.2) is 60.1 Å². The fourth-order valence-corrected chi connectivity index (χ4v) is 6.64. The molecule has 1 saturated heterocycles. The Hall–Kier alpha value is -3.29. The van der Waals surface area contributed by atoms with E-state index in [1.165, 1.54) is 34.0 Å². The molecule has 2 aromatic carbocycles. The first-order valence-corrected chi connectivity index (χ1v) is 14.2. The molecule has 5 rings (SSSR count). The zero-order valence-corrected chi connectivity index (χ0v) is 21.3. The van der Waals surface area contributed by atoms with Crippen LogP contribution in [0.15, 0.2) is 80.3 Å². The van der Waals surface area contributed by atoms with Gasteiger partial charge in [0.2, 0.25) is 14.8 Å². The molecule has 0 spiro atoms. The number of hydrogen-bond acceptors (Lipinski definition) is 9. The zero-order chi connectivity index (χ0) is 25.1.